The molecule has 1 amide bonds. The number of benzene rings is 1. The molecule has 1 aromatic carbocycles. The van der Waals surface area contributed by atoms with Gasteiger partial charge < -0.3 is 9.64 Å². The van der Waals surface area contributed by atoms with Gasteiger partial charge in [0.2, 0.25) is 0 Å². The standard InChI is InChI=1S/C14H21NO2/c1-14(2,3)11-17-13(16)15(4)10-12-8-6-5-7-9-12/h5-9H,10-11H2,1-4H3. The highest BCUT2D eigenvalue weighted by molar-refractivity contribution is 5.67. The predicted octanol–water partition coefficient (Wildman–Crippen LogP) is 3.30. The minimum atomic E-state index is -0.274. The minimum Gasteiger partial charge on any atom is -0.449 e. The molecule has 0 N–H and O–H groups in total. The van der Waals surface area contributed by atoms with E-state index in [9.17, 15) is 4.79 Å². The van der Waals surface area contributed by atoms with Gasteiger partial charge in [0, 0.05) is 13.6 Å². The van der Waals surface area contributed by atoms with Crippen molar-refractivity contribution in [3.8, 4) is 0 Å². The second kappa shape index (κ2) is 5.71. The number of carbonyl (C=O) groups excluding carboxylic acids is 1. The zero-order chi connectivity index (χ0) is 12.9. The van der Waals surface area contributed by atoms with Gasteiger partial charge in [-0.2, -0.15) is 0 Å². The van der Waals surface area contributed by atoms with Crippen molar-refractivity contribution in [3.05, 3.63) is 35.9 Å². The molecule has 0 fully saturated rings. The average Bonchev–Trinajstić information content (AvgIpc) is 2.26. The summed E-state index contributed by atoms with van der Waals surface area (Å²) in [5, 5.41) is 0. The van der Waals surface area contributed by atoms with Gasteiger partial charge in [-0.1, -0.05) is 51.1 Å². The third-order valence-electron chi connectivity index (χ3n) is 2.20. The Hall–Kier alpha value is -1.51. The molecule has 0 saturated heterocycles. The van der Waals surface area contributed by atoms with Crippen LogP contribution in [0.5, 0.6) is 0 Å². The average molecular weight is 235 g/mol. The van der Waals surface area contributed by atoms with Crippen molar-refractivity contribution in [2.24, 2.45) is 5.41 Å². The highest BCUT2D eigenvalue weighted by atomic mass is 16.6. The van der Waals surface area contributed by atoms with E-state index in [0.29, 0.717) is 13.2 Å². The van der Waals surface area contributed by atoms with Crippen LogP contribution in [0.3, 0.4) is 0 Å². The van der Waals surface area contributed by atoms with Crippen LogP contribution in [0.2, 0.25) is 0 Å². The van der Waals surface area contributed by atoms with Gasteiger partial charge in [-0.25, -0.2) is 4.79 Å². The number of carbonyl (C=O) groups is 1. The fourth-order valence-electron chi connectivity index (χ4n) is 1.31. The van der Waals surface area contributed by atoms with Crippen LogP contribution in [0.25, 0.3) is 0 Å². The summed E-state index contributed by atoms with van der Waals surface area (Å²) in [6.07, 6.45) is -0.274. The van der Waals surface area contributed by atoms with Gasteiger partial charge in [-0.05, 0) is 11.0 Å². The summed E-state index contributed by atoms with van der Waals surface area (Å²) in [5.41, 5.74) is 1.10. The molecule has 0 aliphatic rings. The maximum Gasteiger partial charge on any atom is 0.409 e. The van der Waals surface area contributed by atoms with Crippen LogP contribution in [0.1, 0.15) is 26.3 Å². The number of amides is 1. The Balaban J connectivity index is 2.43. The first-order valence-electron chi connectivity index (χ1n) is 5.80. The smallest absolute Gasteiger partial charge is 0.409 e. The van der Waals surface area contributed by atoms with E-state index in [2.05, 4.69) is 0 Å². The van der Waals surface area contributed by atoms with Gasteiger partial charge in [0.05, 0.1) is 6.61 Å². The van der Waals surface area contributed by atoms with E-state index < -0.39 is 0 Å². The number of nitrogens with zero attached hydrogens (tertiary/aromatic N) is 1. The lowest BCUT2D eigenvalue weighted by molar-refractivity contribution is 0.0771. The molecular formula is C14H21NO2. The number of hydrogen-bond donors (Lipinski definition) is 0. The number of hydrogen-bond acceptors (Lipinski definition) is 2. The second-order valence-corrected chi connectivity index (χ2v) is 5.46. The summed E-state index contributed by atoms with van der Waals surface area (Å²) in [5.74, 6) is 0. The van der Waals surface area contributed by atoms with E-state index in [1.54, 1.807) is 11.9 Å². The first-order chi connectivity index (χ1) is 7.88. The van der Waals surface area contributed by atoms with Crippen LogP contribution in [-0.4, -0.2) is 24.6 Å². The molecule has 0 aliphatic heterocycles. The molecule has 0 unspecified atom stereocenters. The molecule has 0 saturated carbocycles. The Morgan fingerprint density at radius 3 is 2.35 bits per heavy atom. The largest absolute Gasteiger partial charge is 0.449 e. The van der Waals surface area contributed by atoms with E-state index in [-0.39, 0.29) is 11.5 Å². The van der Waals surface area contributed by atoms with Crippen molar-refractivity contribution in [2.45, 2.75) is 27.3 Å². The Labute approximate surface area is 103 Å². The second-order valence-electron chi connectivity index (χ2n) is 5.46. The number of rotatable bonds is 3. The molecule has 0 spiro atoms. The molecule has 0 radical (unpaired) electrons. The molecule has 17 heavy (non-hydrogen) atoms. The SMILES string of the molecule is CN(Cc1ccccc1)C(=O)OCC(C)(C)C. The third-order valence-corrected chi connectivity index (χ3v) is 2.20. The molecule has 94 valence electrons. The van der Waals surface area contributed by atoms with Crippen LogP contribution in [-0.2, 0) is 11.3 Å². The summed E-state index contributed by atoms with van der Waals surface area (Å²) in [4.78, 5) is 13.3. The van der Waals surface area contributed by atoms with Gasteiger partial charge in [-0.15, -0.1) is 0 Å². The lowest BCUT2D eigenvalue weighted by atomic mass is 9.99. The Kier molecular flexibility index (Phi) is 4.55. The van der Waals surface area contributed by atoms with Crippen LogP contribution in [0.4, 0.5) is 4.79 Å². The van der Waals surface area contributed by atoms with Gasteiger partial charge >= 0.3 is 6.09 Å². The van der Waals surface area contributed by atoms with E-state index in [1.165, 1.54) is 0 Å². The van der Waals surface area contributed by atoms with E-state index in [4.69, 9.17) is 4.74 Å². The Morgan fingerprint density at radius 2 is 1.82 bits per heavy atom. The molecule has 0 aromatic heterocycles. The summed E-state index contributed by atoms with van der Waals surface area (Å²) in [6.45, 7) is 7.13. The van der Waals surface area contributed by atoms with Crippen molar-refractivity contribution in [1.29, 1.82) is 0 Å². The van der Waals surface area contributed by atoms with Crippen molar-refractivity contribution >= 4 is 6.09 Å². The highest BCUT2D eigenvalue weighted by Gasteiger charge is 2.16. The lowest BCUT2D eigenvalue weighted by Gasteiger charge is -2.22. The molecule has 0 bridgehead atoms. The van der Waals surface area contributed by atoms with Crippen LogP contribution in [0.15, 0.2) is 30.3 Å². The normalized spacial score (nSPS) is 11.1. The van der Waals surface area contributed by atoms with Gasteiger partial charge in [0.25, 0.3) is 0 Å². The molecule has 1 rings (SSSR count). The zero-order valence-electron chi connectivity index (χ0n) is 11.1. The van der Waals surface area contributed by atoms with Crippen molar-refractivity contribution in [3.63, 3.8) is 0 Å². The summed E-state index contributed by atoms with van der Waals surface area (Å²) in [7, 11) is 1.75. The zero-order valence-corrected chi connectivity index (χ0v) is 11.1. The topological polar surface area (TPSA) is 29.5 Å². The van der Waals surface area contributed by atoms with Crippen LogP contribution >= 0.6 is 0 Å². The van der Waals surface area contributed by atoms with Crippen molar-refractivity contribution in [2.75, 3.05) is 13.7 Å². The van der Waals surface area contributed by atoms with Crippen LogP contribution in [0, 0.1) is 5.41 Å². The molecule has 3 heteroatoms. The first-order valence-corrected chi connectivity index (χ1v) is 5.80. The van der Waals surface area contributed by atoms with E-state index >= 15 is 0 Å². The lowest BCUT2D eigenvalue weighted by Crippen LogP contribution is -2.29. The van der Waals surface area contributed by atoms with Gasteiger partial charge in [-0.3, -0.25) is 0 Å². The van der Waals surface area contributed by atoms with Gasteiger partial charge in [0.15, 0.2) is 0 Å². The third kappa shape index (κ3) is 5.38. The molecule has 0 heterocycles. The minimum absolute atomic E-state index is 0.00322. The van der Waals surface area contributed by atoms with E-state index in [1.807, 2.05) is 51.1 Å². The summed E-state index contributed by atoms with van der Waals surface area (Å²) >= 11 is 0. The van der Waals surface area contributed by atoms with Crippen LogP contribution < -0.4 is 0 Å². The molecule has 3 nitrogen and oxygen atoms in total. The summed E-state index contributed by atoms with van der Waals surface area (Å²) < 4.78 is 5.23. The van der Waals surface area contributed by atoms with Crippen molar-refractivity contribution in [1.82, 2.24) is 4.90 Å². The molecule has 1 aromatic rings. The Morgan fingerprint density at radius 1 is 1.24 bits per heavy atom. The van der Waals surface area contributed by atoms with E-state index in [0.717, 1.165) is 5.56 Å². The number of ether oxygens (including phenoxy) is 1. The fourth-order valence-corrected chi connectivity index (χ4v) is 1.31. The predicted molar refractivity (Wildman–Crippen MR) is 68.7 cm³/mol. The molecular weight excluding hydrogens is 214 g/mol. The van der Waals surface area contributed by atoms with Gasteiger partial charge in [0.1, 0.15) is 0 Å². The fraction of sp³-hybridized carbons (Fsp3) is 0.500. The quantitative estimate of drug-likeness (QED) is 0.804. The molecule has 0 aliphatic carbocycles. The molecule has 0 atom stereocenters. The monoisotopic (exact) mass is 235 g/mol. The first kappa shape index (κ1) is 13.6. The Bertz CT molecular complexity index is 354. The summed E-state index contributed by atoms with van der Waals surface area (Å²) in [6, 6.07) is 9.87. The maximum absolute atomic E-state index is 11.7. The highest BCUT2D eigenvalue weighted by Crippen LogP contribution is 2.14. The maximum atomic E-state index is 11.7. The van der Waals surface area contributed by atoms with Crippen molar-refractivity contribution < 1.29 is 9.53 Å².